The number of ether oxygens (including phenoxy) is 1. The molecule has 1 fully saturated rings. The molecule has 1 aromatic carbocycles. The van der Waals surface area contributed by atoms with Crippen LogP contribution >= 0.6 is 0 Å². The first-order valence-electron chi connectivity index (χ1n) is 8.93. The third-order valence-electron chi connectivity index (χ3n) is 4.58. The fourth-order valence-corrected chi connectivity index (χ4v) is 3.12. The third kappa shape index (κ3) is 6.26. The average molecular weight is 330 g/mol. The summed E-state index contributed by atoms with van der Waals surface area (Å²) < 4.78 is 5.01. The Labute approximate surface area is 143 Å². The highest BCUT2D eigenvalue weighted by Gasteiger charge is 2.21. The van der Waals surface area contributed by atoms with Crippen molar-refractivity contribution in [2.24, 2.45) is 5.92 Å². The van der Waals surface area contributed by atoms with Crippen molar-refractivity contribution in [1.29, 1.82) is 0 Å². The molecule has 1 aliphatic rings. The summed E-state index contributed by atoms with van der Waals surface area (Å²) >= 11 is 0. The van der Waals surface area contributed by atoms with Crippen molar-refractivity contribution in [1.82, 2.24) is 0 Å². The van der Waals surface area contributed by atoms with E-state index in [1.165, 1.54) is 6.42 Å². The molecule has 0 aliphatic heterocycles. The van der Waals surface area contributed by atoms with E-state index in [0.717, 1.165) is 31.2 Å². The van der Waals surface area contributed by atoms with Crippen LogP contribution < -0.4 is 0 Å². The quantitative estimate of drug-likeness (QED) is 0.390. The zero-order valence-corrected chi connectivity index (χ0v) is 14.2. The van der Waals surface area contributed by atoms with Crippen molar-refractivity contribution in [3.8, 4) is 0 Å². The van der Waals surface area contributed by atoms with Gasteiger partial charge in [0, 0.05) is 18.8 Å². The monoisotopic (exact) mass is 330 g/mol. The number of unbranched alkanes of at least 4 members (excludes halogenated alkanes) is 1. The van der Waals surface area contributed by atoms with Crippen LogP contribution in [-0.2, 0) is 25.7 Å². The zero-order valence-electron chi connectivity index (χ0n) is 14.2. The first-order chi connectivity index (χ1) is 11.7. The van der Waals surface area contributed by atoms with Gasteiger partial charge in [-0.15, -0.1) is 0 Å². The van der Waals surface area contributed by atoms with Crippen LogP contribution in [0.4, 0.5) is 0 Å². The Balaban J connectivity index is 1.58. The van der Waals surface area contributed by atoms with Crippen LogP contribution in [0.5, 0.6) is 0 Å². The second kappa shape index (κ2) is 10.0. The number of Topliss-reactive ketones (excluding diaryl/α,β-unsaturated/α-hetero) is 2. The van der Waals surface area contributed by atoms with Gasteiger partial charge in [0.1, 0.15) is 12.4 Å². The molecule has 0 bridgehead atoms. The van der Waals surface area contributed by atoms with Crippen molar-refractivity contribution in [3.63, 3.8) is 0 Å². The van der Waals surface area contributed by atoms with Crippen LogP contribution in [-0.4, -0.2) is 17.5 Å². The average Bonchev–Trinajstić information content (AvgIpc) is 2.64. The lowest BCUT2D eigenvalue weighted by Gasteiger charge is -2.20. The molecule has 1 aliphatic carbocycles. The van der Waals surface area contributed by atoms with Gasteiger partial charge in [-0.3, -0.25) is 9.59 Å². The van der Waals surface area contributed by atoms with Gasteiger partial charge in [0.25, 0.3) is 0 Å². The topological polar surface area (TPSA) is 60.4 Å². The largest absolute Gasteiger partial charge is 0.455 e. The maximum Gasteiger partial charge on any atom is 0.374 e. The lowest BCUT2D eigenvalue weighted by atomic mass is 9.84. The first kappa shape index (κ1) is 18.4. The minimum Gasteiger partial charge on any atom is -0.455 e. The summed E-state index contributed by atoms with van der Waals surface area (Å²) in [4.78, 5) is 35.5. The number of ketones is 2. The summed E-state index contributed by atoms with van der Waals surface area (Å²) in [5, 5.41) is 0. The number of esters is 1. The highest BCUT2D eigenvalue weighted by Crippen LogP contribution is 2.25. The van der Waals surface area contributed by atoms with Crippen molar-refractivity contribution in [3.05, 3.63) is 35.9 Å². The minimum absolute atomic E-state index is 0.117. The van der Waals surface area contributed by atoms with E-state index >= 15 is 0 Å². The molecule has 0 spiro atoms. The number of rotatable bonds is 9. The molecule has 0 aromatic heterocycles. The van der Waals surface area contributed by atoms with Gasteiger partial charge < -0.3 is 4.74 Å². The third-order valence-corrected chi connectivity index (χ3v) is 4.58. The molecule has 24 heavy (non-hydrogen) atoms. The number of carbonyl (C=O) groups excluding carboxylic acids is 3. The Morgan fingerprint density at radius 2 is 1.58 bits per heavy atom. The lowest BCUT2D eigenvalue weighted by Crippen LogP contribution is -2.18. The van der Waals surface area contributed by atoms with E-state index in [2.05, 4.69) is 0 Å². The van der Waals surface area contributed by atoms with Gasteiger partial charge >= 0.3 is 5.97 Å². The molecule has 0 amide bonds. The van der Waals surface area contributed by atoms with Crippen LogP contribution in [0.1, 0.15) is 63.4 Å². The summed E-state index contributed by atoms with van der Waals surface area (Å²) in [6.07, 6.45) is 7.51. The van der Waals surface area contributed by atoms with E-state index in [1.807, 2.05) is 30.3 Å². The summed E-state index contributed by atoms with van der Waals surface area (Å²) in [5.41, 5.74) is 0.858. The van der Waals surface area contributed by atoms with Crippen molar-refractivity contribution in [2.45, 2.75) is 64.4 Å². The van der Waals surface area contributed by atoms with Crippen LogP contribution in [0.15, 0.2) is 30.3 Å². The maximum atomic E-state index is 12.1. The van der Waals surface area contributed by atoms with E-state index in [4.69, 9.17) is 4.74 Å². The molecule has 2 rings (SSSR count). The van der Waals surface area contributed by atoms with Gasteiger partial charge in [0.15, 0.2) is 0 Å². The van der Waals surface area contributed by atoms with E-state index in [9.17, 15) is 14.4 Å². The first-order valence-corrected chi connectivity index (χ1v) is 8.93. The Bertz CT molecular complexity index is 544. The Morgan fingerprint density at radius 3 is 2.29 bits per heavy atom. The van der Waals surface area contributed by atoms with Gasteiger partial charge in [-0.1, -0.05) is 49.6 Å². The van der Waals surface area contributed by atoms with Crippen LogP contribution in [0.2, 0.25) is 0 Å². The fourth-order valence-electron chi connectivity index (χ4n) is 3.12. The van der Waals surface area contributed by atoms with E-state index in [1.54, 1.807) is 0 Å². The Morgan fingerprint density at radius 1 is 0.917 bits per heavy atom. The van der Waals surface area contributed by atoms with E-state index in [0.29, 0.717) is 25.0 Å². The molecule has 4 heteroatoms. The Kier molecular flexibility index (Phi) is 7.66. The van der Waals surface area contributed by atoms with Gasteiger partial charge in [-0.05, 0) is 31.2 Å². The fraction of sp³-hybridized carbons (Fsp3) is 0.550. The molecule has 0 N–H and O–H groups in total. The molecular weight excluding hydrogens is 304 g/mol. The molecule has 1 aromatic rings. The summed E-state index contributed by atoms with van der Waals surface area (Å²) in [6.45, 7) is 0.117. The molecule has 0 heterocycles. The molecule has 0 atom stereocenters. The van der Waals surface area contributed by atoms with Gasteiger partial charge in [-0.2, -0.15) is 0 Å². The van der Waals surface area contributed by atoms with Gasteiger partial charge in [0.05, 0.1) is 0 Å². The van der Waals surface area contributed by atoms with Crippen LogP contribution in [0, 0.1) is 5.92 Å². The molecule has 4 nitrogen and oxygen atoms in total. The summed E-state index contributed by atoms with van der Waals surface area (Å²) in [7, 11) is 0. The van der Waals surface area contributed by atoms with Crippen molar-refractivity contribution < 1.29 is 19.1 Å². The SMILES string of the molecule is O=C(CCCCC(=O)C1CCCCC1)C(=O)OCc1ccccc1. The van der Waals surface area contributed by atoms with Gasteiger partial charge in [-0.25, -0.2) is 4.79 Å². The smallest absolute Gasteiger partial charge is 0.374 e. The predicted molar refractivity (Wildman–Crippen MR) is 91.3 cm³/mol. The zero-order chi connectivity index (χ0) is 17.2. The van der Waals surface area contributed by atoms with Crippen molar-refractivity contribution >= 4 is 17.5 Å². The molecule has 0 unspecified atom stereocenters. The molecule has 130 valence electrons. The van der Waals surface area contributed by atoms with Crippen LogP contribution in [0.25, 0.3) is 0 Å². The lowest BCUT2D eigenvalue weighted by molar-refractivity contribution is -0.154. The summed E-state index contributed by atoms with van der Waals surface area (Å²) in [5.74, 6) is -0.729. The maximum absolute atomic E-state index is 12.1. The normalized spacial score (nSPS) is 15.0. The molecule has 0 radical (unpaired) electrons. The van der Waals surface area contributed by atoms with E-state index < -0.39 is 11.8 Å². The Hall–Kier alpha value is -1.97. The van der Waals surface area contributed by atoms with Crippen LogP contribution in [0.3, 0.4) is 0 Å². The standard InChI is InChI=1S/C20H26O4/c21-18(17-11-5-2-6-12-17)13-7-8-14-19(22)20(23)24-15-16-9-3-1-4-10-16/h1,3-4,9-10,17H,2,5-8,11-15H2. The minimum atomic E-state index is -0.780. The highest BCUT2D eigenvalue weighted by molar-refractivity contribution is 6.33. The number of carbonyl (C=O) groups is 3. The molecule has 0 saturated heterocycles. The van der Waals surface area contributed by atoms with Gasteiger partial charge in [0.2, 0.25) is 5.78 Å². The molecule has 1 saturated carbocycles. The second-order valence-corrected chi connectivity index (χ2v) is 6.49. The number of hydrogen-bond acceptors (Lipinski definition) is 4. The summed E-state index contributed by atoms with van der Waals surface area (Å²) in [6, 6.07) is 9.27. The van der Waals surface area contributed by atoms with E-state index in [-0.39, 0.29) is 18.9 Å². The van der Waals surface area contributed by atoms with Crippen molar-refractivity contribution in [2.75, 3.05) is 0 Å². The highest BCUT2D eigenvalue weighted by atomic mass is 16.5. The number of benzene rings is 1. The molecular formula is C20H26O4. The number of hydrogen-bond donors (Lipinski definition) is 0. The second-order valence-electron chi connectivity index (χ2n) is 6.49. The predicted octanol–water partition coefficient (Wildman–Crippen LogP) is 4.01.